The molecule has 36 heavy (non-hydrogen) atoms. The molecule has 0 aromatic heterocycles. The smallest absolute Gasteiger partial charge is 0.283 e. The summed E-state index contributed by atoms with van der Waals surface area (Å²) in [5.41, 5.74) is 2.35. The lowest BCUT2D eigenvalue weighted by Gasteiger charge is -2.16. The molecule has 1 heterocycles. The number of carbonyl (C=O) groups excluding carboxylic acids is 3. The van der Waals surface area contributed by atoms with E-state index < -0.39 is 11.8 Å². The van der Waals surface area contributed by atoms with Gasteiger partial charge in [0.2, 0.25) is 0 Å². The molecule has 1 aliphatic rings. The van der Waals surface area contributed by atoms with E-state index in [1.165, 1.54) is 0 Å². The van der Waals surface area contributed by atoms with Crippen molar-refractivity contribution in [2.75, 3.05) is 15.5 Å². The number of aryl methyl sites for hydroxylation is 1. The van der Waals surface area contributed by atoms with Gasteiger partial charge in [0.05, 0.1) is 17.5 Å². The molecular formula is C27H23Cl2N3O4. The number of benzene rings is 3. The molecule has 184 valence electrons. The third-order valence-electron chi connectivity index (χ3n) is 5.37. The van der Waals surface area contributed by atoms with Crippen LogP contribution in [0.15, 0.2) is 77.5 Å². The van der Waals surface area contributed by atoms with Crippen molar-refractivity contribution in [3.05, 3.63) is 93.6 Å². The highest BCUT2D eigenvalue weighted by atomic mass is 35.5. The lowest BCUT2D eigenvalue weighted by molar-refractivity contribution is -0.120. The normalized spacial score (nSPS) is 13.4. The first-order valence-corrected chi connectivity index (χ1v) is 11.9. The zero-order valence-electron chi connectivity index (χ0n) is 19.8. The maximum atomic E-state index is 13.1. The van der Waals surface area contributed by atoms with Crippen molar-refractivity contribution < 1.29 is 19.1 Å². The van der Waals surface area contributed by atoms with Crippen LogP contribution in [0.4, 0.5) is 17.1 Å². The van der Waals surface area contributed by atoms with E-state index in [1.54, 1.807) is 60.7 Å². The van der Waals surface area contributed by atoms with Gasteiger partial charge in [-0.3, -0.25) is 14.4 Å². The molecule has 1 aliphatic heterocycles. The number of amides is 3. The van der Waals surface area contributed by atoms with Gasteiger partial charge >= 0.3 is 0 Å². The SMILES string of the molecule is Cc1ccc(C(=O)Nc2ccccc2OC(C)C)cc1NC1=C(Cl)C(=O)N(c2ccc(Cl)cc2)C1=O. The Morgan fingerprint density at radius 1 is 0.917 bits per heavy atom. The van der Waals surface area contributed by atoms with Gasteiger partial charge in [-0.25, -0.2) is 4.90 Å². The van der Waals surface area contributed by atoms with Crippen molar-refractivity contribution in [1.29, 1.82) is 0 Å². The Morgan fingerprint density at radius 2 is 1.61 bits per heavy atom. The molecule has 9 heteroatoms. The molecule has 0 radical (unpaired) electrons. The Hall–Kier alpha value is -3.81. The fraction of sp³-hybridized carbons (Fsp3) is 0.148. The summed E-state index contributed by atoms with van der Waals surface area (Å²) in [4.78, 5) is 39.8. The molecule has 0 unspecified atom stereocenters. The number of hydrogen-bond acceptors (Lipinski definition) is 5. The number of nitrogens with one attached hydrogen (secondary N) is 2. The summed E-state index contributed by atoms with van der Waals surface area (Å²) >= 11 is 12.2. The lowest BCUT2D eigenvalue weighted by Crippen LogP contribution is -2.32. The van der Waals surface area contributed by atoms with Crippen LogP contribution < -0.4 is 20.3 Å². The second-order valence-electron chi connectivity index (χ2n) is 8.38. The first-order valence-electron chi connectivity index (χ1n) is 11.1. The number of para-hydroxylation sites is 2. The summed E-state index contributed by atoms with van der Waals surface area (Å²) in [6.07, 6.45) is -0.0599. The van der Waals surface area contributed by atoms with Crippen molar-refractivity contribution in [3.8, 4) is 5.75 Å². The van der Waals surface area contributed by atoms with E-state index in [0.29, 0.717) is 33.4 Å². The summed E-state index contributed by atoms with van der Waals surface area (Å²) in [7, 11) is 0. The topological polar surface area (TPSA) is 87.7 Å². The summed E-state index contributed by atoms with van der Waals surface area (Å²) in [5, 5.41) is 6.04. The van der Waals surface area contributed by atoms with Crippen molar-refractivity contribution in [2.45, 2.75) is 26.9 Å². The highest BCUT2D eigenvalue weighted by Crippen LogP contribution is 2.32. The first-order chi connectivity index (χ1) is 17.2. The van der Waals surface area contributed by atoms with Gasteiger partial charge in [-0.05, 0) is 74.9 Å². The van der Waals surface area contributed by atoms with Crippen molar-refractivity contribution in [2.24, 2.45) is 0 Å². The Bertz CT molecular complexity index is 1380. The largest absolute Gasteiger partial charge is 0.489 e. The van der Waals surface area contributed by atoms with E-state index in [1.807, 2.05) is 26.8 Å². The van der Waals surface area contributed by atoms with Gasteiger partial charge in [0.25, 0.3) is 17.7 Å². The van der Waals surface area contributed by atoms with E-state index >= 15 is 0 Å². The van der Waals surface area contributed by atoms with Crippen LogP contribution in [0.3, 0.4) is 0 Å². The molecule has 0 aliphatic carbocycles. The predicted molar refractivity (Wildman–Crippen MR) is 142 cm³/mol. The third-order valence-corrected chi connectivity index (χ3v) is 5.97. The molecule has 4 rings (SSSR count). The Balaban J connectivity index is 1.57. The quantitative estimate of drug-likeness (QED) is 0.364. The fourth-order valence-corrected chi connectivity index (χ4v) is 3.93. The van der Waals surface area contributed by atoms with Gasteiger partial charge in [0.15, 0.2) is 0 Å². The van der Waals surface area contributed by atoms with E-state index in [4.69, 9.17) is 27.9 Å². The van der Waals surface area contributed by atoms with Crippen LogP contribution in [0, 0.1) is 6.92 Å². The zero-order valence-corrected chi connectivity index (χ0v) is 21.3. The Kier molecular flexibility index (Phi) is 7.33. The summed E-state index contributed by atoms with van der Waals surface area (Å²) in [6.45, 7) is 5.61. The number of halogens is 2. The second-order valence-corrected chi connectivity index (χ2v) is 9.20. The highest BCUT2D eigenvalue weighted by molar-refractivity contribution is 6.53. The third kappa shape index (κ3) is 5.22. The van der Waals surface area contributed by atoms with Crippen LogP contribution in [-0.4, -0.2) is 23.8 Å². The number of nitrogens with zero attached hydrogens (tertiary/aromatic N) is 1. The molecule has 0 fully saturated rings. The molecule has 3 amide bonds. The first kappa shape index (κ1) is 25.3. The van der Waals surface area contributed by atoms with Gasteiger partial charge in [-0.15, -0.1) is 0 Å². The summed E-state index contributed by atoms with van der Waals surface area (Å²) in [6, 6.07) is 18.4. The number of carbonyl (C=O) groups is 3. The number of imide groups is 1. The van der Waals surface area contributed by atoms with Gasteiger partial charge in [-0.1, -0.05) is 41.4 Å². The fourth-order valence-electron chi connectivity index (χ4n) is 3.59. The molecule has 0 spiro atoms. The average molecular weight is 524 g/mol. The molecule has 0 saturated heterocycles. The molecule has 3 aromatic carbocycles. The maximum absolute atomic E-state index is 13.1. The molecular weight excluding hydrogens is 501 g/mol. The number of hydrogen-bond donors (Lipinski definition) is 2. The molecule has 0 saturated carbocycles. The molecule has 0 atom stereocenters. The maximum Gasteiger partial charge on any atom is 0.283 e. The lowest BCUT2D eigenvalue weighted by atomic mass is 10.1. The molecule has 7 nitrogen and oxygen atoms in total. The van der Waals surface area contributed by atoms with Gasteiger partial charge in [0.1, 0.15) is 16.5 Å². The minimum Gasteiger partial charge on any atom is -0.489 e. The molecule has 0 bridgehead atoms. The van der Waals surface area contributed by atoms with Crippen LogP contribution >= 0.6 is 23.2 Å². The van der Waals surface area contributed by atoms with Crippen LogP contribution in [0.2, 0.25) is 5.02 Å². The Morgan fingerprint density at radius 3 is 2.31 bits per heavy atom. The second kappa shape index (κ2) is 10.4. The summed E-state index contributed by atoms with van der Waals surface area (Å²) < 4.78 is 5.77. The van der Waals surface area contributed by atoms with Gasteiger partial charge in [0, 0.05) is 16.3 Å². The highest BCUT2D eigenvalue weighted by Gasteiger charge is 2.39. The van der Waals surface area contributed by atoms with E-state index in [-0.39, 0.29) is 22.7 Å². The van der Waals surface area contributed by atoms with Crippen LogP contribution in [0.25, 0.3) is 0 Å². The Labute approximate surface area is 218 Å². The predicted octanol–water partition coefficient (Wildman–Crippen LogP) is 6.12. The summed E-state index contributed by atoms with van der Waals surface area (Å²) in [5.74, 6) is -1.07. The minimum absolute atomic E-state index is 0.0599. The van der Waals surface area contributed by atoms with Crippen molar-refractivity contribution >= 4 is 58.0 Å². The average Bonchev–Trinajstić information content (AvgIpc) is 3.05. The van der Waals surface area contributed by atoms with E-state index in [0.717, 1.165) is 10.5 Å². The van der Waals surface area contributed by atoms with Crippen LogP contribution in [0.1, 0.15) is 29.8 Å². The molecule has 2 N–H and O–H groups in total. The van der Waals surface area contributed by atoms with Crippen LogP contribution in [0.5, 0.6) is 5.75 Å². The van der Waals surface area contributed by atoms with Crippen molar-refractivity contribution in [3.63, 3.8) is 0 Å². The van der Waals surface area contributed by atoms with E-state index in [9.17, 15) is 14.4 Å². The number of ether oxygens (including phenoxy) is 1. The zero-order chi connectivity index (χ0) is 26.0. The van der Waals surface area contributed by atoms with Gasteiger partial charge in [-0.2, -0.15) is 0 Å². The minimum atomic E-state index is -0.653. The van der Waals surface area contributed by atoms with E-state index in [2.05, 4.69) is 10.6 Å². The monoisotopic (exact) mass is 523 g/mol. The number of anilines is 3. The number of rotatable bonds is 7. The van der Waals surface area contributed by atoms with Crippen LogP contribution in [-0.2, 0) is 9.59 Å². The standard InChI is InChI=1S/C27H23Cl2N3O4/c1-15(2)36-22-7-5-4-6-20(22)31-25(33)17-9-8-16(3)21(14-17)30-24-23(29)26(34)32(27(24)35)19-12-10-18(28)11-13-19/h4-15,30H,1-3H3,(H,31,33). The van der Waals surface area contributed by atoms with Gasteiger partial charge < -0.3 is 15.4 Å². The molecule has 3 aromatic rings. The van der Waals surface area contributed by atoms with Crippen molar-refractivity contribution in [1.82, 2.24) is 0 Å².